The van der Waals surface area contributed by atoms with Gasteiger partial charge in [0.15, 0.2) is 5.78 Å². The van der Waals surface area contributed by atoms with Crippen LogP contribution in [0.2, 0.25) is 0 Å². The molecule has 5 rings (SSSR count). The molecule has 1 atom stereocenters. The number of rotatable bonds is 1. The van der Waals surface area contributed by atoms with E-state index in [0.717, 1.165) is 54.5 Å². The van der Waals surface area contributed by atoms with Gasteiger partial charge in [0.2, 0.25) is 0 Å². The molecular weight excluding hydrogens is 551 g/mol. The van der Waals surface area contributed by atoms with Crippen molar-refractivity contribution in [1.82, 2.24) is 4.98 Å². The van der Waals surface area contributed by atoms with E-state index in [9.17, 15) is 9.90 Å². The third kappa shape index (κ3) is 5.06. The van der Waals surface area contributed by atoms with Crippen molar-refractivity contribution in [1.29, 1.82) is 0 Å². The Hall–Kier alpha value is -2.29. The number of aromatic nitrogens is 1. The zero-order chi connectivity index (χ0) is 20.2. The van der Waals surface area contributed by atoms with Gasteiger partial charge in [0.1, 0.15) is 0 Å². The maximum absolute atomic E-state index is 11.4. The Morgan fingerprint density at radius 1 is 1.03 bits per heavy atom. The Morgan fingerprint density at radius 2 is 1.80 bits per heavy atom. The van der Waals surface area contributed by atoms with Crippen LogP contribution in [0.25, 0.3) is 22.2 Å². The fraction of sp³-hybridized carbons (Fsp3) is 0.308. The smallest absolute Gasteiger partial charge is 0.162 e. The topological polar surface area (TPSA) is 50.2 Å². The molecule has 0 saturated heterocycles. The van der Waals surface area contributed by atoms with Gasteiger partial charge in [-0.3, -0.25) is 9.78 Å². The molecule has 0 amide bonds. The van der Waals surface area contributed by atoms with Crippen molar-refractivity contribution < 1.29 is 30.0 Å². The van der Waals surface area contributed by atoms with E-state index < -0.39 is 0 Å². The van der Waals surface area contributed by atoms with Crippen LogP contribution < -0.4 is 0 Å². The average molecular weight is 577 g/mol. The van der Waals surface area contributed by atoms with E-state index in [4.69, 9.17) is 0 Å². The largest absolute Gasteiger partial charge is 0.512 e. The van der Waals surface area contributed by atoms with Crippen LogP contribution in [0.4, 0.5) is 0 Å². The number of nitrogens with zero attached hydrogens (tertiary/aromatic N) is 1. The molecule has 1 aromatic heterocycles. The normalized spacial score (nSPS) is 18.2. The summed E-state index contributed by atoms with van der Waals surface area (Å²) in [6.07, 6.45) is 5.64. The molecule has 1 fully saturated rings. The maximum atomic E-state index is 11.4. The molecule has 1 saturated carbocycles. The van der Waals surface area contributed by atoms with Crippen LogP contribution in [-0.2, 0) is 24.9 Å². The minimum Gasteiger partial charge on any atom is -0.512 e. The number of ketones is 1. The van der Waals surface area contributed by atoms with Gasteiger partial charge in [-0.2, -0.15) is 0 Å². The fourth-order valence-electron chi connectivity index (χ4n) is 4.28. The number of Topliss-reactive ketones (excluding diaryl/α,β-unsaturated/α-hetero) is 1. The molecule has 1 unspecified atom stereocenters. The molecule has 30 heavy (non-hydrogen) atoms. The molecular formula is C26H26IrNO2-. The van der Waals surface area contributed by atoms with Crippen LogP contribution >= 0.6 is 0 Å². The Kier molecular flexibility index (Phi) is 7.58. The van der Waals surface area contributed by atoms with Crippen LogP contribution in [0.15, 0.2) is 65.9 Å². The van der Waals surface area contributed by atoms with E-state index in [1.165, 1.54) is 10.9 Å². The van der Waals surface area contributed by atoms with Gasteiger partial charge in [-0.1, -0.05) is 24.3 Å². The molecule has 1 radical (unpaired) electrons. The summed E-state index contributed by atoms with van der Waals surface area (Å²) in [7, 11) is 0. The Morgan fingerprint density at radius 3 is 2.53 bits per heavy atom. The van der Waals surface area contributed by atoms with E-state index in [-0.39, 0.29) is 25.9 Å². The number of aliphatic hydroxyl groups is 1. The standard InChI is InChI=1S/C16H12N.C10H14O2.Ir/c1-12-7-8-14-9-10-15(17-16(14)11-12)13-5-3-2-4-6-13;11-8-5-1-3-7-4-2-6-9(12)10(7)8;/h2-5,7-11H,1H3;7,11H,1-6H2;/q-1;;. The zero-order valence-corrected chi connectivity index (χ0v) is 19.5. The van der Waals surface area contributed by atoms with Crippen molar-refractivity contribution in [2.24, 2.45) is 5.92 Å². The van der Waals surface area contributed by atoms with Gasteiger partial charge in [-0.05, 0) is 61.2 Å². The van der Waals surface area contributed by atoms with Gasteiger partial charge < -0.3 is 5.11 Å². The summed E-state index contributed by atoms with van der Waals surface area (Å²) in [6.45, 7) is 2.09. The summed E-state index contributed by atoms with van der Waals surface area (Å²) in [5, 5.41) is 10.7. The fourth-order valence-corrected chi connectivity index (χ4v) is 4.28. The predicted molar refractivity (Wildman–Crippen MR) is 117 cm³/mol. The van der Waals surface area contributed by atoms with E-state index in [1.807, 2.05) is 30.3 Å². The molecule has 2 aliphatic rings. The van der Waals surface area contributed by atoms with E-state index >= 15 is 0 Å². The minimum atomic E-state index is 0. The number of hydrogen-bond donors (Lipinski definition) is 1. The Labute approximate surface area is 191 Å². The first kappa shape index (κ1) is 22.4. The first-order chi connectivity index (χ1) is 14.1. The molecule has 0 spiro atoms. The molecule has 4 heteroatoms. The molecule has 1 N–H and O–H groups in total. The van der Waals surface area contributed by atoms with Crippen molar-refractivity contribution in [2.45, 2.75) is 45.4 Å². The number of aryl methyl sites for hydroxylation is 1. The van der Waals surface area contributed by atoms with Crippen LogP contribution in [0.3, 0.4) is 0 Å². The molecule has 0 aliphatic heterocycles. The summed E-state index contributed by atoms with van der Waals surface area (Å²) in [5.74, 6) is 0.972. The Balaban J connectivity index is 0.000000175. The predicted octanol–water partition coefficient (Wildman–Crippen LogP) is 6.36. The number of fused-ring (bicyclic) bond motifs is 2. The summed E-state index contributed by atoms with van der Waals surface area (Å²) in [4.78, 5) is 16.1. The van der Waals surface area contributed by atoms with Crippen molar-refractivity contribution in [3.8, 4) is 11.3 Å². The van der Waals surface area contributed by atoms with Gasteiger partial charge in [0.05, 0.1) is 11.3 Å². The minimum absolute atomic E-state index is 0. The van der Waals surface area contributed by atoms with Crippen LogP contribution in [0.1, 0.15) is 44.1 Å². The van der Waals surface area contributed by atoms with Gasteiger partial charge in [-0.15, -0.1) is 35.9 Å². The third-order valence-corrected chi connectivity index (χ3v) is 5.77. The van der Waals surface area contributed by atoms with Crippen molar-refractivity contribution in [2.75, 3.05) is 0 Å². The second kappa shape index (κ2) is 10.1. The van der Waals surface area contributed by atoms with Crippen LogP contribution in [0, 0.1) is 18.9 Å². The summed E-state index contributed by atoms with van der Waals surface area (Å²) in [6, 6.07) is 21.6. The number of hydrogen-bond acceptors (Lipinski definition) is 3. The molecule has 3 aromatic rings. The number of benzene rings is 2. The van der Waals surface area contributed by atoms with E-state index in [0.29, 0.717) is 18.1 Å². The molecule has 157 valence electrons. The summed E-state index contributed by atoms with van der Waals surface area (Å²) < 4.78 is 0. The molecule has 1 heterocycles. The second-order valence-electron chi connectivity index (χ2n) is 7.93. The third-order valence-electron chi connectivity index (χ3n) is 5.77. The van der Waals surface area contributed by atoms with Crippen molar-refractivity contribution >= 4 is 16.7 Å². The van der Waals surface area contributed by atoms with Crippen LogP contribution in [-0.4, -0.2) is 15.9 Å². The molecule has 2 aromatic carbocycles. The Bertz CT molecular complexity index is 1060. The summed E-state index contributed by atoms with van der Waals surface area (Å²) in [5.41, 5.74) is 5.06. The van der Waals surface area contributed by atoms with E-state index in [1.54, 1.807) is 0 Å². The molecule has 0 bridgehead atoms. The monoisotopic (exact) mass is 577 g/mol. The average Bonchev–Trinajstić information content (AvgIpc) is 2.74. The number of carbonyl (C=O) groups is 1. The molecule has 2 aliphatic carbocycles. The maximum Gasteiger partial charge on any atom is 0.162 e. The number of allylic oxidation sites excluding steroid dienone is 2. The summed E-state index contributed by atoms with van der Waals surface area (Å²) >= 11 is 0. The number of aliphatic hydroxyl groups excluding tert-OH is 1. The van der Waals surface area contributed by atoms with Crippen LogP contribution in [0.5, 0.6) is 0 Å². The van der Waals surface area contributed by atoms with Gasteiger partial charge >= 0.3 is 0 Å². The first-order valence-corrected chi connectivity index (χ1v) is 10.4. The SMILES string of the molecule is Cc1ccc2ccc(-c3[c-]cccc3)nc2c1.O=C1CCCC2CCCC(O)=C12.[Ir]. The zero-order valence-electron chi connectivity index (χ0n) is 17.2. The van der Waals surface area contributed by atoms with E-state index in [2.05, 4.69) is 42.2 Å². The van der Waals surface area contributed by atoms with Gasteiger partial charge in [0, 0.05) is 38.5 Å². The number of pyridine rings is 1. The number of carbonyl (C=O) groups excluding carboxylic acids is 1. The second-order valence-corrected chi connectivity index (χ2v) is 7.93. The quantitative estimate of drug-likeness (QED) is 0.343. The molecule has 3 nitrogen and oxygen atoms in total. The van der Waals surface area contributed by atoms with Gasteiger partial charge in [0.25, 0.3) is 0 Å². The van der Waals surface area contributed by atoms with Crippen molar-refractivity contribution in [3.63, 3.8) is 0 Å². The first-order valence-electron chi connectivity index (χ1n) is 10.4. The van der Waals surface area contributed by atoms with Gasteiger partial charge in [-0.25, -0.2) is 0 Å². The van der Waals surface area contributed by atoms with Crippen molar-refractivity contribution in [3.05, 3.63) is 77.6 Å².